The van der Waals surface area contributed by atoms with Crippen LogP contribution in [-0.4, -0.2) is 13.3 Å². The predicted octanol–water partition coefficient (Wildman–Crippen LogP) is 5.96. The number of nitrogens with zero attached hydrogens (tertiary/aromatic N) is 1. The zero-order valence-corrected chi connectivity index (χ0v) is 19.4. The lowest BCUT2D eigenvalue weighted by Gasteiger charge is -2.43. The van der Waals surface area contributed by atoms with Crippen molar-refractivity contribution in [3.8, 4) is 0 Å². The lowest BCUT2D eigenvalue weighted by molar-refractivity contribution is 0.286. The fraction of sp³-hybridized carbons (Fsp3) is 0.192. The van der Waals surface area contributed by atoms with Gasteiger partial charge in [0, 0.05) is 5.39 Å². The third-order valence-electron chi connectivity index (χ3n) is 5.59. The van der Waals surface area contributed by atoms with Crippen molar-refractivity contribution in [1.82, 2.24) is 4.98 Å². The van der Waals surface area contributed by atoms with Crippen LogP contribution in [-0.2, 0) is 11.0 Å². The van der Waals surface area contributed by atoms with E-state index in [4.69, 9.17) is 16.0 Å². The van der Waals surface area contributed by atoms with Crippen molar-refractivity contribution in [2.24, 2.45) is 0 Å². The van der Waals surface area contributed by atoms with Crippen LogP contribution in [0.1, 0.15) is 26.3 Å². The summed E-state index contributed by atoms with van der Waals surface area (Å²) < 4.78 is 7.02. The van der Waals surface area contributed by atoms with Gasteiger partial charge in [-0.3, -0.25) is 0 Å². The maximum Gasteiger partial charge on any atom is 0.261 e. The smallest absolute Gasteiger partial charge is 0.261 e. The Morgan fingerprint density at radius 3 is 1.97 bits per heavy atom. The minimum Gasteiger partial charge on any atom is -0.403 e. The fourth-order valence-corrected chi connectivity index (χ4v) is 8.89. The van der Waals surface area contributed by atoms with Crippen LogP contribution in [0.15, 0.2) is 91.0 Å². The highest BCUT2D eigenvalue weighted by atomic mass is 35.5. The van der Waals surface area contributed by atoms with Crippen molar-refractivity contribution in [2.75, 3.05) is 0 Å². The Bertz CT molecular complexity index is 1100. The Morgan fingerprint density at radius 1 is 0.800 bits per heavy atom. The van der Waals surface area contributed by atoms with E-state index in [1.54, 1.807) is 0 Å². The molecule has 1 aromatic heterocycles. The normalized spacial score (nSPS) is 12.3. The molecule has 0 fully saturated rings. The predicted molar refractivity (Wildman–Crippen MR) is 129 cm³/mol. The van der Waals surface area contributed by atoms with Crippen LogP contribution < -0.4 is 10.4 Å². The molecule has 0 amide bonds. The molecule has 0 bridgehead atoms. The van der Waals surface area contributed by atoms with Gasteiger partial charge < -0.3 is 4.43 Å². The van der Waals surface area contributed by atoms with E-state index in [1.165, 1.54) is 10.4 Å². The summed E-state index contributed by atoms with van der Waals surface area (Å²) in [5.41, 5.74) is 2.04. The van der Waals surface area contributed by atoms with E-state index in [0.29, 0.717) is 11.8 Å². The van der Waals surface area contributed by atoms with Crippen molar-refractivity contribution in [2.45, 2.75) is 32.4 Å². The lowest BCUT2D eigenvalue weighted by atomic mass is 10.1. The Hall–Kier alpha value is -2.46. The quantitative estimate of drug-likeness (QED) is 0.287. The number of benzene rings is 3. The van der Waals surface area contributed by atoms with E-state index in [2.05, 4.69) is 98.6 Å². The molecule has 4 aromatic rings. The standard InChI is InChI=1S/C26H26ClNOSi/c1-26(2,3)30(22-10-6-4-7-11-22,23-12-8-5-9-13-23)29-19-20-14-16-24-21(18-20)15-17-25(27)28-24/h4-18H,19H2,1-3H3. The van der Waals surface area contributed by atoms with Gasteiger partial charge in [-0.25, -0.2) is 4.98 Å². The minimum absolute atomic E-state index is 0.0400. The molecule has 0 radical (unpaired) electrons. The summed E-state index contributed by atoms with van der Waals surface area (Å²) >= 11 is 6.04. The minimum atomic E-state index is -2.55. The van der Waals surface area contributed by atoms with Gasteiger partial charge in [0.2, 0.25) is 0 Å². The topological polar surface area (TPSA) is 22.1 Å². The number of hydrogen-bond donors (Lipinski definition) is 0. The second-order valence-corrected chi connectivity index (χ2v) is 13.3. The van der Waals surface area contributed by atoms with E-state index in [9.17, 15) is 0 Å². The molecule has 3 aromatic carbocycles. The van der Waals surface area contributed by atoms with Gasteiger partial charge in [0.25, 0.3) is 8.32 Å². The zero-order chi connectivity index (χ0) is 21.2. The summed E-state index contributed by atoms with van der Waals surface area (Å²) in [5, 5.41) is 4.12. The summed E-state index contributed by atoms with van der Waals surface area (Å²) in [4.78, 5) is 4.39. The van der Waals surface area contributed by atoms with E-state index >= 15 is 0 Å². The molecule has 0 unspecified atom stereocenters. The molecule has 0 saturated carbocycles. The van der Waals surface area contributed by atoms with Gasteiger partial charge in [0.05, 0.1) is 12.1 Å². The average molecular weight is 432 g/mol. The molecule has 0 aliphatic heterocycles. The van der Waals surface area contributed by atoms with Crippen LogP contribution in [0, 0.1) is 0 Å². The monoisotopic (exact) mass is 431 g/mol. The number of rotatable bonds is 5. The molecule has 4 heteroatoms. The highest BCUT2D eigenvalue weighted by Crippen LogP contribution is 2.37. The van der Waals surface area contributed by atoms with Gasteiger partial charge >= 0.3 is 0 Å². The first-order valence-electron chi connectivity index (χ1n) is 10.2. The van der Waals surface area contributed by atoms with Crippen molar-refractivity contribution < 1.29 is 4.43 Å². The molecule has 0 aliphatic rings. The Balaban J connectivity index is 1.78. The summed E-state index contributed by atoms with van der Waals surface area (Å²) in [6, 6.07) is 31.6. The molecule has 152 valence electrons. The SMILES string of the molecule is CC(C)(C)[Si](OCc1ccc2nc(Cl)ccc2c1)(c1ccccc1)c1ccccc1. The van der Waals surface area contributed by atoms with E-state index in [-0.39, 0.29) is 5.04 Å². The van der Waals surface area contributed by atoms with Crippen molar-refractivity contribution in [3.63, 3.8) is 0 Å². The van der Waals surface area contributed by atoms with Gasteiger partial charge in [-0.2, -0.15) is 0 Å². The molecule has 4 rings (SSSR count). The van der Waals surface area contributed by atoms with E-state index < -0.39 is 8.32 Å². The van der Waals surface area contributed by atoms with Crippen molar-refractivity contribution in [3.05, 3.63) is 102 Å². The molecule has 0 atom stereocenters. The number of hydrogen-bond acceptors (Lipinski definition) is 2. The zero-order valence-electron chi connectivity index (χ0n) is 17.6. The van der Waals surface area contributed by atoms with Gasteiger partial charge in [-0.15, -0.1) is 0 Å². The Kier molecular flexibility index (Phi) is 5.78. The summed E-state index contributed by atoms with van der Waals surface area (Å²) in [7, 11) is -2.55. The average Bonchev–Trinajstić information content (AvgIpc) is 2.75. The first-order chi connectivity index (χ1) is 14.4. The number of halogens is 1. The first-order valence-corrected chi connectivity index (χ1v) is 12.5. The Labute approximate surface area is 184 Å². The molecule has 1 heterocycles. The maximum atomic E-state index is 7.02. The van der Waals surface area contributed by atoms with Crippen LogP contribution in [0.2, 0.25) is 10.2 Å². The second-order valence-electron chi connectivity index (χ2n) is 8.61. The number of pyridine rings is 1. The molecule has 0 spiro atoms. The molecular formula is C26H26ClNOSi. The fourth-order valence-electron chi connectivity index (χ4n) is 4.19. The van der Waals surface area contributed by atoms with Gasteiger partial charge in [0.15, 0.2) is 0 Å². The first kappa shape index (κ1) is 20.8. The summed E-state index contributed by atoms with van der Waals surface area (Å²) in [6.07, 6.45) is 0. The molecule has 30 heavy (non-hydrogen) atoms. The third kappa shape index (κ3) is 3.93. The third-order valence-corrected chi connectivity index (χ3v) is 10.8. The van der Waals surface area contributed by atoms with Crippen LogP contribution in [0.4, 0.5) is 0 Å². The Morgan fingerprint density at radius 2 is 1.40 bits per heavy atom. The van der Waals surface area contributed by atoms with Crippen LogP contribution in [0.3, 0.4) is 0 Å². The molecule has 0 N–H and O–H groups in total. The van der Waals surface area contributed by atoms with Gasteiger partial charge in [-0.05, 0) is 45.2 Å². The summed E-state index contributed by atoms with van der Waals surface area (Å²) in [5.74, 6) is 0. The second kappa shape index (κ2) is 8.35. The largest absolute Gasteiger partial charge is 0.403 e. The van der Waals surface area contributed by atoms with Crippen molar-refractivity contribution >= 4 is 41.2 Å². The van der Waals surface area contributed by atoms with Crippen LogP contribution >= 0.6 is 11.6 Å². The highest BCUT2D eigenvalue weighted by Gasteiger charge is 2.50. The van der Waals surface area contributed by atoms with Gasteiger partial charge in [0.1, 0.15) is 5.15 Å². The van der Waals surface area contributed by atoms with Gasteiger partial charge in [-0.1, -0.05) is 99.1 Å². The molecule has 0 saturated heterocycles. The van der Waals surface area contributed by atoms with Crippen LogP contribution in [0.5, 0.6) is 0 Å². The van der Waals surface area contributed by atoms with E-state index in [1.807, 2.05) is 18.2 Å². The van der Waals surface area contributed by atoms with Crippen LogP contribution in [0.25, 0.3) is 10.9 Å². The molecule has 2 nitrogen and oxygen atoms in total. The highest BCUT2D eigenvalue weighted by molar-refractivity contribution is 6.99. The maximum absolute atomic E-state index is 7.02. The molecular weight excluding hydrogens is 406 g/mol. The van der Waals surface area contributed by atoms with E-state index in [0.717, 1.165) is 16.5 Å². The lowest BCUT2D eigenvalue weighted by Crippen LogP contribution is -2.66. The number of fused-ring (bicyclic) bond motifs is 1. The molecule has 0 aliphatic carbocycles. The number of aromatic nitrogens is 1. The summed E-state index contributed by atoms with van der Waals surface area (Å²) in [6.45, 7) is 7.44. The van der Waals surface area contributed by atoms with Crippen molar-refractivity contribution in [1.29, 1.82) is 0 Å².